The molecule has 1 atom stereocenters. The van der Waals surface area contributed by atoms with Gasteiger partial charge in [-0.1, -0.05) is 0 Å². The van der Waals surface area contributed by atoms with Crippen molar-refractivity contribution in [2.24, 2.45) is 0 Å². The molecule has 1 unspecified atom stereocenters. The molecule has 2 rings (SSSR count). The molecule has 5 nitrogen and oxygen atoms in total. The molecule has 1 aromatic rings. The van der Waals surface area contributed by atoms with Crippen LogP contribution in [0.2, 0.25) is 0 Å². The minimum atomic E-state index is 0.316. The summed E-state index contributed by atoms with van der Waals surface area (Å²) in [6.07, 6.45) is 1.00. The van der Waals surface area contributed by atoms with Gasteiger partial charge in [0.25, 0.3) is 0 Å². The molecule has 2 heterocycles. The quantitative estimate of drug-likeness (QED) is 0.835. The van der Waals surface area contributed by atoms with Crippen LogP contribution in [0.4, 0.5) is 5.95 Å². The summed E-state index contributed by atoms with van der Waals surface area (Å²) in [5.41, 5.74) is 0.903. The van der Waals surface area contributed by atoms with Crippen LogP contribution in [0.5, 0.6) is 5.88 Å². The molecule has 0 aromatic carbocycles. The Kier molecular flexibility index (Phi) is 3.56. The van der Waals surface area contributed by atoms with Gasteiger partial charge in [0.05, 0.1) is 19.3 Å². The van der Waals surface area contributed by atoms with Crippen LogP contribution < -0.4 is 10.1 Å². The first kappa shape index (κ1) is 11.1. The van der Waals surface area contributed by atoms with Gasteiger partial charge < -0.3 is 14.8 Å². The molecule has 0 radical (unpaired) electrons. The van der Waals surface area contributed by atoms with Crippen molar-refractivity contribution in [3.63, 3.8) is 0 Å². The highest BCUT2D eigenvalue weighted by Crippen LogP contribution is 2.15. The Bertz CT molecular complexity index is 351. The number of ether oxygens (including phenoxy) is 2. The van der Waals surface area contributed by atoms with Crippen LogP contribution in [-0.4, -0.2) is 35.8 Å². The highest BCUT2D eigenvalue weighted by Gasteiger charge is 2.16. The predicted octanol–water partition coefficient (Wildman–Crippen LogP) is 1.38. The van der Waals surface area contributed by atoms with Crippen LogP contribution in [0, 0.1) is 6.92 Å². The Balaban J connectivity index is 2.06. The van der Waals surface area contributed by atoms with E-state index in [1.165, 1.54) is 0 Å². The number of anilines is 1. The van der Waals surface area contributed by atoms with Gasteiger partial charge in [-0.15, -0.1) is 0 Å². The van der Waals surface area contributed by atoms with E-state index in [1.54, 1.807) is 0 Å². The molecule has 0 bridgehead atoms. The van der Waals surface area contributed by atoms with E-state index in [0.29, 0.717) is 24.5 Å². The van der Waals surface area contributed by atoms with E-state index < -0.39 is 0 Å². The largest absolute Gasteiger partial charge is 0.478 e. The van der Waals surface area contributed by atoms with Gasteiger partial charge in [-0.2, -0.15) is 4.98 Å². The third-order valence-electron chi connectivity index (χ3n) is 2.39. The van der Waals surface area contributed by atoms with Crippen molar-refractivity contribution in [3.8, 4) is 5.88 Å². The lowest BCUT2D eigenvalue weighted by atomic mass is 10.3. The molecule has 0 aliphatic carbocycles. The van der Waals surface area contributed by atoms with Gasteiger partial charge in [-0.05, 0) is 20.3 Å². The second kappa shape index (κ2) is 5.12. The van der Waals surface area contributed by atoms with E-state index in [9.17, 15) is 0 Å². The molecule has 0 spiro atoms. The van der Waals surface area contributed by atoms with E-state index in [1.807, 2.05) is 19.9 Å². The fourth-order valence-corrected chi connectivity index (χ4v) is 1.66. The zero-order valence-corrected chi connectivity index (χ0v) is 9.69. The molecule has 0 saturated carbocycles. The molecular formula is C11H17N3O2. The highest BCUT2D eigenvalue weighted by molar-refractivity contribution is 5.31. The third kappa shape index (κ3) is 2.82. The molecule has 1 aromatic heterocycles. The number of aromatic nitrogens is 2. The average molecular weight is 223 g/mol. The first-order valence-corrected chi connectivity index (χ1v) is 5.60. The van der Waals surface area contributed by atoms with Gasteiger partial charge in [0.1, 0.15) is 0 Å². The van der Waals surface area contributed by atoms with Gasteiger partial charge in [-0.3, -0.25) is 0 Å². The number of rotatable bonds is 4. The van der Waals surface area contributed by atoms with Crippen molar-refractivity contribution in [2.75, 3.05) is 25.1 Å². The number of nitrogens with zero attached hydrogens (tertiary/aromatic N) is 2. The molecule has 88 valence electrons. The van der Waals surface area contributed by atoms with Crippen molar-refractivity contribution in [1.29, 1.82) is 0 Å². The lowest BCUT2D eigenvalue weighted by Gasteiger charge is -2.12. The highest BCUT2D eigenvalue weighted by atomic mass is 16.5. The zero-order chi connectivity index (χ0) is 11.4. The first-order valence-electron chi connectivity index (χ1n) is 5.60. The topological polar surface area (TPSA) is 56.3 Å². The lowest BCUT2D eigenvalue weighted by Crippen LogP contribution is -2.20. The molecule has 1 aliphatic rings. The summed E-state index contributed by atoms with van der Waals surface area (Å²) in [6.45, 7) is 6.02. The first-order chi connectivity index (χ1) is 7.78. The van der Waals surface area contributed by atoms with Crippen LogP contribution in [0.25, 0.3) is 0 Å². The standard InChI is InChI=1S/C11H17N3O2/c1-3-16-10-6-8(2)12-11(14-10)13-9-4-5-15-7-9/h6,9H,3-5,7H2,1-2H3,(H,12,13,14). The summed E-state index contributed by atoms with van der Waals surface area (Å²) < 4.78 is 10.7. The summed E-state index contributed by atoms with van der Waals surface area (Å²) in [6, 6.07) is 2.15. The molecule has 1 aliphatic heterocycles. The molecule has 1 N–H and O–H groups in total. The van der Waals surface area contributed by atoms with Crippen LogP contribution in [0.3, 0.4) is 0 Å². The van der Waals surface area contributed by atoms with Crippen LogP contribution in [-0.2, 0) is 4.74 Å². The van der Waals surface area contributed by atoms with Gasteiger partial charge in [0.2, 0.25) is 11.8 Å². The van der Waals surface area contributed by atoms with Crippen molar-refractivity contribution in [3.05, 3.63) is 11.8 Å². The Labute approximate surface area is 95.2 Å². The fraction of sp³-hybridized carbons (Fsp3) is 0.636. The molecule has 1 saturated heterocycles. The minimum absolute atomic E-state index is 0.316. The van der Waals surface area contributed by atoms with E-state index in [-0.39, 0.29) is 0 Å². The molecular weight excluding hydrogens is 206 g/mol. The van der Waals surface area contributed by atoms with Crippen molar-refractivity contribution >= 4 is 5.95 Å². The maximum absolute atomic E-state index is 5.37. The maximum atomic E-state index is 5.37. The number of hydrogen-bond acceptors (Lipinski definition) is 5. The van der Waals surface area contributed by atoms with Crippen LogP contribution >= 0.6 is 0 Å². The Hall–Kier alpha value is -1.36. The summed E-state index contributed by atoms with van der Waals surface area (Å²) >= 11 is 0. The Morgan fingerprint density at radius 2 is 2.44 bits per heavy atom. The fourth-order valence-electron chi connectivity index (χ4n) is 1.66. The number of nitrogens with one attached hydrogen (secondary N) is 1. The van der Waals surface area contributed by atoms with Crippen LogP contribution in [0.15, 0.2) is 6.07 Å². The Morgan fingerprint density at radius 3 is 3.12 bits per heavy atom. The SMILES string of the molecule is CCOc1cc(C)nc(NC2CCOC2)n1. The van der Waals surface area contributed by atoms with Gasteiger partial charge >= 0.3 is 0 Å². The minimum Gasteiger partial charge on any atom is -0.478 e. The normalized spacial score (nSPS) is 19.8. The Morgan fingerprint density at radius 1 is 1.56 bits per heavy atom. The van der Waals surface area contributed by atoms with Crippen molar-refractivity contribution in [1.82, 2.24) is 9.97 Å². The lowest BCUT2D eigenvalue weighted by molar-refractivity contribution is 0.195. The predicted molar refractivity (Wildman–Crippen MR) is 60.8 cm³/mol. The number of aryl methyl sites for hydroxylation is 1. The summed E-state index contributed by atoms with van der Waals surface area (Å²) in [7, 11) is 0. The molecule has 0 amide bonds. The van der Waals surface area contributed by atoms with Gasteiger partial charge in [0.15, 0.2) is 0 Å². The zero-order valence-electron chi connectivity index (χ0n) is 9.69. The smallest absolute Gasteiger partial charge is 0.226 e. The number of hydrogen-bond donors (Lipinski definition) is 1. The van der Waals surface area contributed by atoms with Crippen molar-refractivity contribution < 1.29 is 9.47 Å². The molecule has 1 fully saturated rings. The molecule has 16 heavy (non-hydrogen) atoms. The summed E-state index contributed by atoms with van der Waals surface area (Å²) in [5.74, 6) is 1.25. The van der Waals surface area contributed by atoms with Crippen LogP contribution in [0.1, 0.15) is 19.0 Å². The van der Waals surface area contributed by atoms with E-state index in [0.717, 1.165) is 25.3 Å². The van der Waals surface area contributed by atoms with E-state index in [4.69, 9.17) is 9.47 Å². The maximum Gasteiger partial charge on any atom is 0.226 e. The summed E-state index contributed by atoms with van der Waals surface area (Å²) in [5, 5.41) is 3.25. The van der Waals surface area contributed by atoms with Gasteiger partial charge in [-0.25, -0.2) is 4.98 Å². The van der Waals surface area contributed by atoms with Crippen molar-refractivity contribution in [2.45, 2.75) is 26.3 Å². The average Bonchev–Trinajstić information content (AvgIpc) is 2.70. The van der Waals surface area contributed by atoms with E-state index in [2.05, 4.69) is 15.3 Å². The molecule has 5 heteroatoms. The van der Waals surface area contributed by atoms with E-state index >= 15 is 0 Å². The summed E-state index contributed by atoms with van der Waals surface area (Å²) in [4.78, 5) is 8.61. The third-order valence-corrected chi connectivity index (χ3v) is 2.39. The van der Waals surface area contributed by atoms with Gasteiger partial charge in [0, 0.05) is 18.4 Å². The second-order valence-electron chi connectivity index (χ2n) is 3.81. The monoisotopic (exact) mass is 223 g/mol. The second-order valence-corrected chi connectivity index (χ2v) is 3.81.